The summed E-state index contributed by atoms with van der Waals surface area (Å²) in [6.45, 7) is 3.48. The summed E-state index contributed by atoms with van der Waals surface area (Å²) in [7, 11) is 0. The number of rotatable bonds is 4. The predicted molar refractivity (Wildman–Crippen MR) is 98.6 cm³/mol. The number of aromatic nitrogens is 3. The van der Waals surface area contributed by atoms with E-state index in [4.69, 9.17) is 0 Å². The van der Waals surface area contributed by atoms with Gasteiger partial charge < -0.3 is 9.80 Å². The van der Waals surface area contributed by atoms with Gasteiger partial charge in [0, 0.05) is 44.1 Å². The molecule has 3 fully saturated rings. The van der Waals surface area contributed by atoms with Crippen molar-refractivity contribution < 1.29 is 9.59 Å². The van der Waals surface area contributed by atoms with Crippen LogP contribution < -0.4 is 0 Å². The summed E-state index contributed by atoms with van der Waals surface area (Å²) in [5.41, 5.74) is 1.36. The predicted octanol–water partition coefficient (Wildman–Crippen LogP) is 1.70. The Morgan fingerprint density at radius 1 is 1.15 bits per heavy atom. The molecule has 0 N–H and O–H groups in total. The van der Waals surface area contributed by atoms with E-state index in [9.17, 15) is 9.59 Å². The zero-order valence-corrected chi connectivity index (χ0v) is 15.4. The molecule has 2 bridgehead atoms. The first kappa shape index (κ1) is 17.6. The van der Waals surface area contributed by atoms with Crippen molar-refractivity contribution in [1.82, 2.24) is 24.8 Å². The molecule has 7 nitrogen and oxygen atoms in total. The number of hydrogen-bond donors (Lipinski definition) is 0. The topological polar surface area (TPSA) is 79.3 Å². The number of aryl methyl sites for hydroxylation is 1. The van der Waals surface area contributed by atoms with Gasteiger partial charge in [0.1, 0.15) is 5.82 Å². The maximum absolute atomic E-state index is 12.9. The van der Waals surface area contributed by atoms with E-state index in [1.54, 1.807) is 23.5 Å². The highest BCUT2D eigenvalue weighted by molar-refractivity contribution is 5.94. The normalized spacial score (nSPS) is 22.0. The van der Waals surface area contributed by atoms with Crippen LogP contribution >= 0.6 is 0 Å². The van der Waals surface area contributed by atoms with Crippen LogP contribution in [0, 0.1) is 5.92 Å². The van der Waals surface area contributed by atoms with Crippen molar-refractivity contribution in [2.24, 2.45) is 5.92 Å². The molecule has 27 heavy (non-hydrogen) atoms. The summed E-state index contributed by atoms with van der Waals surface area (Å²) in [6.07, 6.45) is 7.41. The van der Waals surface area contributed by atoms with Crippen LogP contribution in [-0.2, 0) is 17.8 Å². The van der Waals surface area contributed by atoms with Gasteiger partial charge in [-0.25, -0.2) is 9.97 Å². The lowest BCUT2D eigenvalue weighted by atomic mass is 9.94. The van der Waals surface area contributed by atoms with E-state index in [-0.39, 0.29) is 23.8 Å². The fourth-order valence-corrected chi connectivity index (χ4v) is 3.91. The van der Waals surface area contributed by atoms with Gasteiger partial charge in [0.05, 0.1) is 23.7 Å². The summed E-state index contributed by atoms with van der Waals surface area (Å²) in [6, 6.07) is 5.75. The molecule has 0 unspecified atom stereocenters. The number of pyridine rings is 1. The van der Waals surface area contributed by atoms with Crippen LogP contribution in [0.5, 0.6) is 0 Å². The minimum Gasteiger partial charge on any atom is -0.336 e. The summed E-state index contributed by atoms with van der Waals surface area (Å²) in [4.78, 5) is 42.4. The average molecular weight is 365 g/mol. The zero-order valence-electron chi connectivity index (χ0n) is 15.4. The molecule has 0 radical (unpaired) electrons. The van der Waals surface area contributed by atoms with E-state index in [1.165, 1.54) is 0 Å². The number of piperidine rings is 1. The van der Waals surface area contributed by atoms with Crippen LogP contribution in [0.3, 0.4) is 0 Å². The van der Waals surface area contributed by atoms with Crippen LogP contribution in [0.1, 0.15) is 41.6 Å². The standard InChI is InChI=1S/C20H23N5O2/c1-2-18-22-9-15(10-23-18)19(26)24-11-14-6-7-17(13-24)25(20(14)27)12-16-5-3-4-8-21-16/h3-5,8-10,14,17H,2,6-7,11-13H2,1H3/t14-,17+/m1/s1. The highest BCUT2D eigenvalue weighted by Gasteiger charge is 2.42. The van der Waals surface area contributed by atoms with E-state index in [0.29, 0.717) is 25.2 Å². The second-order valence-electron chi connectivity index (χ2n) is 7.17. The van der Waals surface area contributed by atoms with Crippen molar-refractivity contribution in [2.45, 2.75) is 38.8 Å². The van der Waals surface area contributed by atoms with Crippen molar-refractivity contribution in [3.63, 3.8) is 0 Å². The number of carbonyl (C=O) groups is 2. The first-order valence-electron chi connectivity index (χ1n) is 9.46. The molecule has 3 aliphatic heterocycles. The molecule has 2 aromatic rings. The van der Waals surface area contributed by atoms with E-state index in [0.717, 1.165) is 30.8 Å². The molecule has 0 saturated carbocycles. The Hall–Kier alpha value is -2.83. The van der Waals surface area contributed by atoms with Crippen LogP contribution in [0.25, 0.3) is 0 Å². The maximum atomic E-state index is 12.9. The molecule has 3 saturated heterocycles. The molecule has 140 valence electrons. The smallest absolute Gasteiger partial charge is 0.257 e. The molecule has 5 heterocycles. The Morgan fingerprint density at radius 2 is 1.96 bits per heavy atom. The molecule has 2 atom stereocenters. The van der Waals surface area contributed by atoms with Gasteiger partial charge in [-0.15, -0.1) is 0 Å². The minimum atomic E-state index is -0.146. The highest BCUT2D eigenvalue weighted by atomic mass is 16.2. The third-order valence-electron chi connectivity index (χ3n) is 5.41. The lowest BCUT2D eigenvalue weighted by Crippen LogP contribution is -2.47. The van der Waals surface area contributed by atoms with Gasteiger partial charge in [-0.1, -0.05) is 13.0 Å². The summed E-state index contributed by atoms with van der Waals surface area (Å²) < 4.78 is 0. The largest absolute Gasteiger partial charge is 0.336 e. The van der Waals surface area contributed by atoms with Gasteiger partial charge >= 0.3 is 0 Å². The van der Waals surface area contributed by atoms with Crippen LogP contribution in [-0.4, -0.2) is 55.7 Å². The fraction of sp³-hybridized carbons (Fsp3) is 0.450. The fourth-order valence-electron chi connectivity index (χ4n) is 3.91. The maximum Gasteiger partial charge on any atom is 0.257 e. The third-order valence-corrected chi connectivity index (χ3v) is 5.41. The van der Waals surface area contributed by atoms with E-state index in [1.807, 2.05) is 30.0 Å². The quantitative estimate of drug-likeness (QED) is 0.824. The van der Waals surface area contributed by atoms with Crippen molar-refractivity contribution in [1.29, 1.82) is 0 Å². The first-order valence-corrected chi connectivity index (χ1v) is 9.46. The molecular formula is C20H23N5O2. The second kappa shape index (κ2) is 7.42. The Balaban J connectivity index is 1.53. The van der Waals surface area contributed by atoms with Gasteiger partial charge in [-0.05, 0) is 25.0 Å². The zero-order chi connectivity index (χ0) is 18.8. The van der Waals surface area contributed by atoms with Crippen molar-refractivity contribution >= 4 is 11.8 Å². The van der Waals surface area contributed by atoms with E-state index >= 15 is 0 Å². The first-order chi connectivity index (χ1) is 13.2. The molecule has 2 amide bonds. The van der Waals surface area contributed by atoms with Gasteiger partial charge in [0.2, 0.25) is 5.91 Å². The van der Waals surface area contributed by atoms with E-state index < -0.39 is 0 Å². The summed E-state index contributed by atoms with van der Waals surface area (Å²) >= 11 is 0. The van der Waals surface area contributed by atoms with Gasteiger partial charge in [-0.2, -0.15) is 0 Å². The van der Waals surface area contributed by atoms with Crippen LogP contribution in [0.4, 0.5) is 0 Å². The van der Waals surface area contributed by atoms with Crippen molar-refractivity contribution in [3.05, 3.63) is 53.9 Å². The Morgan fingerprint density at radius 3 is 2.67 bits per heavy atom. The molecule has 2 aromatic heterocycles. The van der Waals surface area contributed by atoms with Crippen LogP contribution in [0.15, 0.2) is 36.8 Å². The molecular weight excluding hydrogens is 342 g/mol. The lowest BCUT2D eigenvalue weighted by molar-refractivity contribution is -0.140. The summed E-state index contributed by atoms with van der Waals surface area (Å²) in [5, 5.41) is 0. The SMILES string of the molecule is CCc1ncc(C(=O)N2C[C@H]3CC[C@@H](C2)N(Cc2ccccn2)C3=O)cn1. The van der Waals surface area contributed by atoms with Gasteiger partial charge in [0.25, 0.3) is 5.91 Å². The van der Waals surface area contributed by atoms with Gasteiger partial charge in [-0.3, -0.25) is 14.6 Å². The highest BCUT2D eigenvalue weighted by Crippen LogP contribution is 2.30. The monoisotopic (exact) mass is 365 g/mol. The van der Waals surface area contributed by atoms with Crippen molar-refractivity contribution in [2.75, 3.05) is 13.1 Å². The number of carbonyl (C=O) groups excluding carboxylic acids is 2. The Labute approximate surface area is 158 Å². The number of nitrogens with zero attached hydrogens (tertiary/aromatic N) is 5. The number of hydrogen-bond acceptors (Lipinski definition) is 5. The second-order valence-corrected chi connectivity index (χ2v) is 7.17. The van der Waals surface area contributed by atoms with Gasteiger partial charge in [0.15, 0.2) is 0 Å². The molecule has 5 rings (SSSR count). The minimum absolute atomic E-state index is 0.0260. The number of fused-ring (bicyclic) bond motifs is 4. The number of amides is 2. The molecule has 0 aromatic carbocycles. The van der Waals surface area contributed by atoms with E-state index in [2.05, 4.69) is 15.0 Å². The Kier molecular flexibility index (Phi) is 4.83. The van der Waals surface area contributed by atoms with Crippen molar-refractivity contribution in [3.8, 4) is 0 Å². The molecule has 7 heteroatoms. The van der Waals surface area contributed by atoms with Crippen LogP contribution in [0.2, 0.25) is 0 Å². The molecule has 0 spiro atoms. The average Bonchev–Trinajstić information content (AvgIpc) is 3.01. The lowest BCUT2D eigenvalue weighted by Gasteiger charge is -2.35. The third kappa shape index (κ3) is 3.54. The summed E-state index contributed by atoms with van der Waals surface area (Å²) in [5.74, 6) is 0.610. The molecule has 0 aliphatic carbocycles. The Bertz CT molecular complexity index is 824. The molecule has 3 aliphatic rings.